The largest absolute Gasteiger partial charge is 0.368 e. The van der Waals surface area contributed by atoms with Gasteiger partial charge in [-0.05, 0) is 74.9 Å². The molecule has 0 aromatic heterocycles. The van der Waals surface area contributed by atoms with Gasteiger partial charge in [-0.1, -0.05) is 85.4 Å². The van der Waals surface area contributed by atoms with E-state index < -0.39 is 0 Å². The van der Waals surface area contributed by atoms with E-state index in [1.54, 1.807) is 12.2 Å². The maximum atomic E-state index is 3.75. The van der Waals surface area contributed by atoms with Crippen LogP contribution in [0.15, 0.2) is 121 Å². The van der Waals surface area contributed by atoms with Gasteiger partial charge in [-0.2, -0.15) is 0 Å². The molecule has 0 radical (unpaired) electrons. The van der Waals surface area contributed by atoms with Gasteiger partial charge in [0.05, 0.1) is 6.04 Å². The van der Waals surface area contributed by atoms with Crippen LogP contribution in [0, 0.1) is 23.7 Å². The Balaban J connectivity index is 2.13. The van der Waals surface area contributed by atoms with E-state index in [2.05, 4.69) is 104 Å². The van der Waals surface area contributed by atoms with E-state index in [1.807, 2.05) is 50.3 Å². The average molecular weight is 444 g/mol. The van der Waals surface area contributed by atoms with E-state index in [1.165, 1.54) is 5.56 Å². The number of hydrogen-bond acceptors (Lipinski definition) is 1. The number of benzene rings is 2. The molecule has 0 heterocycles. The van der Waals surface area contributed by atoms with Crippen molar-refractivity contribution in [2.45, 2.75) is 26.8 Å². The molecule has 0 aliphatic heterocycles. The summed E-state index contributed by atoms with van der Waals surface area (Å²) >= 11 is 0. The molecule has 0 saturated carbocycles. The second kappa shape index (κ2) is 14.1. The first-order valence-electron chi connectivity index (χ1n) is 11.4. The standard InChI is InChI=1S/C33H33N/c1-7-11-28(12-8-2)15-17-30-19-23-32(24-20-30)27(5)34(6)33-25-21-31(22-26-33)18-16-29(13-9-3)14-10-4/h7-14,19-27H,1,3H2,2,4-6H3/b12-8-,14-10-,28-11+,29-13+. The maximum absolute atomic E-state index is 3.75. The van der Waals surface area contributed by atoms with Crippen molar-refractivity contribution in [2.75, 3.05) is 11.9 Å². The lowest BCUT2D eigenvalue weighted by Crippen LogP contribution is -2.21. The van der Waals surface area contributed by atoms with Crippen LogP contribution in [0.2, 0.25) is 0 Å². The van der Waals surface area contributed by atoms with E-state index in [9.17, 15) is 0 Å². The van der Waals surface area contributed by atoms with Gasteiger partial charge < -0.3 is 4.90 Å². The number of anilines is 1. The summed E-state index contributed by atoms with van der Waals surface area (Å²) in [5.41, 5.74) is 6.23. The van der Waals surface area contributed by atoms with Gasteiger partial charge in [0.1, 0.15) is 0 Å². The summed E-state index contributed by atoms with van der Waals surface area (Å²) in [5.74, 6) is 12.8. The highest BCUT2D eigenvalue weighted by atomic mass is 15.1. The lowest BCUT2D eigenvalue weighted by atomic mass is 10.0. The maximum Gasteiger partial charge on any atom is 0.0511 e. The molecule has 170 valence electrons. The van der Waals surface area contributed by atoms with Crippen LogP contribution in [0.25, 0.3) is 0 Å². The minimum Gasteiger partial charge on any atom is -0.368 e. The first-order valence-corrected chi connectivity index (χ1v) is 11.4. The summed E-state index contributed by atoms with van der Waals surface area (Å²) in [6, 6.07) is 17.0. The van der Waals surface area contributed by atoms with Crippen LogP contribution in [0.3, 0.4) is 0 Å². The monoisotopic (exact) mass is 443 g/mol. The van der Waals surface area contributed by atoms with Crippen LogP contribution in [-0.2, 0) is 0 Å². The summed E-state index contributed by atoms with van der Waals surface area (Å²) in [7, 11) is 2.11. The molecule has 0 saturated heterocycles. The van der Waals surface area contributed by atoms with E-state index >= 15 is 0 Å². The van der Waals surface area contributed by atoms with Crippen LogP contribution < -0.4 is 4.90 Å². The third kappa shape index (κ3) is 8.05. The lowest BCUT2D eigenvalue weighted by molar-refractivity contribution is 0.740. The summed E-state index contributed by atoms with van der Waals surface area (Å²) < 4.78 is 0. The first kappa shape index (κ1) is 26.1. The third-order valence-corrected chi connectivity index (χ3v) is 5.24. The fraction of sp³-hybridized carbons (Fsp3) is 0.152. The van der Waals surface area contributed by atoms with Crippen molar-refractivity contribution in [1.29, 1.82) is 0 Å². The number of hydrogen-bond donors (Lipinski definition) is 0. The quantitative estimate of drug-likeness (QED) is 0.310. The van der Waals surface area contributed by atoms with Crippen LogP contribution in [-0.4, -0.2) is 7.05 Å². The van der Waals surface area contributed by atoms with Crippen LogP contribution in [0.5, 0.6) is 0 Å². The van der Waals surface area contributed by atoms with Crippen molar-refractivity contribution in [1.82, 2.24) is 0 Å². The van der Waals surface area contributed by atoms with Crippen molar-refractivity contribution in [3.8, 4) is 23.7 Å². The summed E-state index contributed by atoms with van der Waals surface area (Å²) in [6.45, 7) is 13.7. The van der Waals surface area contributed by atoms with Gasteiger partial charge in [-0.3, -0.25) is 0 Å². The normalized spacial score (nSPS) is 12.5. The molecule has 0 aliphatic carbocycles. The van der Waals surface area contributed by atoms with Crippen molar-refractivity contribution in [2.24, 2.45) is 0 Å². The second-order valence-electron chi connectivity index (χ2n) is 7.67. The molecule has 0 spiro atoms. The molecule has 1 heteroatoms. The predicted octanol–water partition coefficient (Wildman–Crippen LogP) is 7.96. The van der Waals surface area contributed by atoms with Crippen molar-refractivity contribution >= 4 is 5.69 Å². The van der Waals surface area contributed by atoms with Gasteiger partial charge in [0, 0.05) is 35.0 Å². The Morgan fingerprint density at radius 1 is 0.765 bits per heavy atom. The van der Waals surface area contributed by atoms with Gasteiger partial charge in [0.2, 0.25) is 0 Å². The third-order valence-electron chi connectivity index (χ3n) is 5.24. The number of nitrogens with zero attached hydrogens (tertiary/aromatic N) is 1. The van der Waals surface area contributed by atoms with Gasteiger partial charge in [0.25, 0.3) is 0 Å². The second-order valence-corrected chi connectivity index (χ2v) is 7.67. The summed E-state index contributed by atoms with van der Waals surface area (Å²) in [6.07, 6.45) is 15.2. The molecule has 1 nitrogen and oxygen atoms in total. The molecular weight excluding hydrogens is 410 g/mol. The van der Waals surface area contributed by atoms with E-state index in [-0.39, 0.29) is 6.04 Å². The Morgan fingerprint density at radius 3 is 1.62 bits per heavy atom. The molecule has 2 aromatic carbocycles. The van der Waals surface area contributed by atoms with Crippen LogP contribution in [0.1, 0.15) is 43.5 Å². The fourth-order valence-corrected chi connectivity index (χ4v) is 3.25. The van der Waals surface area contributed by atoms with E-state index in [0.717, 1.165) is 28.0 Å². The Hall–Kier alpha value is -4.20. The number of rotatable bonds is 7. The van der Waals surface area contributed by atoms with E-state index in [0.29, 0.717) is 0 Å². The Kier molecular flexibility index (Phi) is 10.8. The lowest BCUT2D eigenvalue weighted by Gasteiger charge is -2.27. The zero-order valence-corrected chi connectivity index (χ0v) is 20.7. The zero-order chi connectivity index (χ0) is 24.8. The Labute approximate surface area is 206 Å². The SMILES string of the molecule is C=C/C=C(C#Cc1ccc(C(C)N(C)c2ccc(C#CC(/C=C\C)=C/C=C)cc2)cc1)\C=C/C. The van der Waals surface area contributed by atoms with Gasteiger partial charge in [-0.15, -0.1) is 0 Å². The zero-order valence-electron chi connectivity index (χ0n) is 20.7. The fourth-order valence-electron chi connectivity index (χ4n) is 3.25. The molecular formula is C33H33N. The summed E-state index contributed by atoms with van der Waals surface area (Å²) in [5, 5.41) is 0. The predicted molar refractivity (Wildman–Crippen MR) is 150 cm³/mol. The van der Waals surface area contributed by atoms with Gasteiger partial charge in [-0.25, -0.2) is 0 Å². The van der Waals surface area contributed by atoms with Gasteiger partial charge in [0.15, 0.2) is 0 Å². The highest BCUT2D eigenvalue weighted by Crippen LogP contribution is 2.25. The molecule has 0 bridgehead atoms. The molecule has 0 amide bonds. The molecule has 1 atom stereocenters. The van der Waals surface area contributed by atoms with Gasteiger partial charge >= 0.3 is 0 Å². The molecule has 2 aromatic rings. The Morgan fingerprint density at radius 2 is 1.21 bits per heavy atom. The number of allylic oxidation sites excluding steroid dienone is 10. The minimum atomic E-state index is 0.218. The first-order chi connectivity index (χ1) is 16.5. The van der Waals surface area contributed by atoms with Crippen LogP contribution >= 0.6 is 0 Å². The molecule has 0 N–H and O–H groups in total. The van der Waals surface area contributed by atoms with Crippen molar-refractivity contribution < 1.29 is 0 Å². The molecule has 1 unspecified atom stereocenters. The molecule has 2 rings (SSSR count). The molecule has 0 aliphatic rings. The van der Waals surface area contributed by atoms with Crippen molar-refractivity contribution in [3.63, 3.8) is 0 Å². The van der Waals surface area contributed by atoms with Crippen molar-refractivity contribution in [3.05, 3.63) is 138 Å². The smallest absolute Gasteiger partial charge is 0.0511 e. The summed E-state index contributed by atoms with van der Waals surface area (Å²) in [4.78, 5) is 2.26. The van der Waals surface area contributed by atoms with Crippen LogP contribution in [0.4, 0.5) is 5.69 Å². The minimum absolute atomic E-state index is 0.218. The highest BCUT2D eigenvalue weighted by molar-refractivity contribution is 5.54. The Bertz CT molecular complexity index is 1110. The topological polar surface area (TPSA) is 3.24 Å². The van der Waals surface area contributed by atoms with E-state index in [4.69, 9.17) is 0 Å². The molecule has 0 fully saturated rings. The average Bonchev–Trinajstić information content (AvgIpc) is 2.86. The highest BCUT2D eigenvalue weighted by Gasteiger charge is 2.12. The molecule has 34 heavy (non-hydrogen) atoms.